The third-order valence-electron chi connectivity index (χ3n) is 5.26. The van der Waals surface area contributed by atoms with E-state index in [-0.39, 0.29) is 18.5 Å². The van der Waals surface area contributed by atoms with Crippen LogP contribution in [0.2, 0.25) is 5.02 Å². The summed E-state index contributed by atoms with van der Waals surface area (Å²) < 4.78 is 1.84. The van der Waals surface area contributed by atoms with E-state index >= 15 is 0 Å². The summed E-state index contributed by atoms with van der Waals surface area (Å²) in [4.78, 5) is 33.6. The van der Waals surface area contributed by atoms with E-state index in [1.807, 2.05) is 31.5 Å². The molecule has 0 unspecified atom stereocenters. The lowest BCUT2D eigenvalue weighted by Gasteiger charge is -2.39. The number of urea groups is 1. The molecule has 1 aromatic heterocycles. The fraction of sp³-hybridized carbons (Fsp3) is 0.400. The number of hydrogen-bond acceptors (Lipinski definition) is 4. The molecule has 0 aliphatic carbocycles. The summed E-state index contributed by atoms with van der Waals surface area (Å²) in [5.41, 5.74) is 3.74. The lowest BCUT2D eigenvalue weighted by Crippen LogP contribution is -2.54. The topological polar surface area (TPSA) is 82.8 Å². The summed E-state index contributed by atoms with van der Waals surface area (Å²) in [6.45, 7) is 7.63. The number of rotatable bonds is 4. The van der Waals surface area contributed by atoms with Gasteiger partial charge in [-0.05, 0) is 45.4 Å². The fourth-order valence-corrected chi connectivity index (χ4v) is 4.02. The molecule has 0 radical (unpaired) electrons. The van der Waals surface area contributed by atoms with E-state index in [1.165, 1.54) is 4.90 Å². The van der Waals surface area contributed by atoms with Crippen LogP contribution in [0.4, 0.5) is 16.2 Å². The molecule has 0 saturated heterocycles. The Kier molecular flexibility index (Phi) is 5.04. The molecule has 8 nitrogen and oxygen atoms in total. The minimum atomic E-state index is -0.288. The van der Waals surface area contributed by atoms with Crippen LogP contribution in [-0.2, 0) is 11.3 Å². The van der Waals surface area contributed by atoms with E-state index < -0.39 is 0 Å². The highest BCUT2D eigenvalue weighted by molar-refractivity contribution is 6.31. The quantitative estimate of drug-likeness (QED) is 0.833. The van der Waals surface area contributed by atoms with Crippen molar-refractivity contribution in [3.05, 3.63) is 40.2 Å². The molecule has 2 aliphatic rings. The first-order valence-corrected chi connectivity index (χ1v) is 10.1. The molecule has 0 saturated carbocycles. The predicted molar refractivity (Wildman–Crippen MR) is 113 cm³/mol. The zero-order valence-electron chi connectivity index (χ0n) is 16.7. The second kappa shape index (κ2) is 7.51. The number of fused-ring (bicyclic) bond motifs is 3. The first kappa shape index (κ1) is 19.4. The summed E-state index contributed by atoms with van der Waals surface area (Å²) in [7, 11) is 0. The maximum absolute atomic E-state index is 13.1. The number of nitrogens with zero attached hydrogens (tertiary/aromatic N) is 5. The number of carbonyl (C=O) groups is 2. The molecule has 3 heterocycles. The molecule has 0 bridgehead atoms. The Balaban J connectivity index is 1.64. The highest BCUT2D eigenvalue weighted by atomic mass is 35.5. The highest BCUT2D eigenvalue weighted by Crippen LogP contribution is 2.33. The molecule has 1 aromatic carbocycles. The Morgan fingerprint density at radius 1 is 1.31 bits per heavy atom. The molecule has 9 heteroatoms. The molecule has 0 spiro atoms. The van der Waals surface area contributed by atoms with Crippen molar-refractivity contribution in [1.29, 1.82) is 0 Å². The summed E-state index contributed by atoms with van der Waals surface area (Å²) in [5, 5.41) is 7.85. The van der Waals surface area contributed by atoms with Gasteiger partial charge in [-0.15, -0.1) is 0 Å². The summed E-state index contributed by atoms with van der Waals surface area (Å²) in [6, 6.07) is 5.08. The molecule has 3 amide bonds. The van der Waals surface area contributed by atoms with Gasteiger partial charge in [0.1, 0.15) is 12.4 Å². The number of nitrogens with one attached hydrogen (secondary N) is 1. The number of amidine groups is 1. The summed E-state index contributed by atoms with van der Waals surface area (Å²) >= 11 is 6.19. The zero-order valence-corrected chi connectivity index (χ0v) is 17.5. The number of aliphatic imine (C=N–C) groups is 1. The van der Waals surface area contributed by atoms with E-state index in [9.17, 15) is 9.59 Å². The number of hydrogen-bond donors (Lipinski definition) is 1. The number of aromatic nitrogens is 2. The van der Waals surface area contributed by atoms with Gasteiger partial charge in [-0.2, -0.15) is 5.10 Å². The number of benzene rings is 1. The van der Waals surface area contributed by atoms with Crippen molar-refractivity contribution in [3.8, 4) is 0 Å². The minimum Gasteiger partial charge on any atom is -0.321 e. The van der Waals surface area contributed by atoms with Gasteiger partial charge in [-0.3, -0.25) is 24.3 Å². The monoisotopic (exact) mass is 414 g/mol. The van der Waals surface area contributed by atoms with Crippen LogP contribution in [0.1, 0.15) is 30.3 Å². The normalized spacial score (nSPS) is 15.7. The first-order valence-electron chi connectivity index (χ1n) is 9.68. The molecule has 29 heavy (non-hydrogen) atoms. The van der Waals surface area contributed by atoms with Crippen LogP contribution in [0.25, 0.3) is 0 Å². The van der Waals surface area contributed by atoms with Crippen molar-refractivity contribution in [2.75, 3.05) is 29.9 Å². The summed E-state index contributed by atoms with van der Waals surface area (Å²) in [5.74, 6) is 0.365. The molecule has 2 aromatic rings. The lowest BCUT2D eigenvalue weighted by molar-refractivity contribution is -0.114. The predicted octanol–water partition coefficient (Wildman–Crippen LogP) is 3.20. The van der Waals surface area contributed by atoms with Crippen LogP contribution in [0.3, 0.4) is 0 Å². The van der Waals surface area contributed by atoms with Crippen molar-refractivity contribution >= 4 is 40.7 Å². The molecule has 0 atom stereocenters. The van der Waals surface area contributed by atoms with E-state index in [0.29, 0.717) is 35.3 Å². The smallest absolute Gasteiger partial charge is 0.321 e. The Morgan fingerprint density at radius 2 is 2.10 bits per heavy atom. The molecular formula is C20H23ClN6O2. The maximum atomic E-state index is 13.1. The van der Waals surface area contributed by atoms with E-state index in [4.69, 9.17) is 11.6 Å². The Labute approximate surface area is 174 Å². The van der Waals surface area contributed by atoms with Gasteiger partial charge in [0, 0.05) is 30.2 Å². The van der Waals surface area contributed by atoms with E-state index in [0.717, 1.165) is 29.9 Å². The number of anilines is 2. The van der Waals surface area contributed by atoms with Gasteiger partial charge in [0.25, 0.3) is 0 Å². The van der Waals surface area contributed by atoms with Crippen LogP contribution in [0.15, 0.2) is 23.2 Å². The van der Waals surface area contributed by atoms with Gasteiger partial charge in [0.15, 0.2) is 0 Å². The molecule has 0 fully saturated rings. The van der Waals surface area contributed by atoms with Crippen LogP contribution in [-0.4, -0.2) is 52.1 Å². The zero-order chi connectivity index (χ0) is 20.7. The SMILES string of the molecule is CCn1nc(C)c(NC(=O)CN2C(=O)N3CCCN=C3c3ccc(Cl)cc32)c1C. The molecule has 1 N–H and O–H groups in total. The largest absolute Gasteiger partial charge is 0.330 e. The van der Waals surface area contributed by atoms with Gasteiger partial charge in [0.2, 0.25) is 5.91 Å². The second-order valence-electron chi connectivity index (χ2n) is 7.15. The lowest BCUT2D eigenvalue weighted by atomic mass is 10.1. The van der Waals surface area contributed by atoms with Crippen molar-refractivity contribution in [2.45, 2.75) is 33.7 Å². The van der Waals surface area contributed by atoms with Gasteiger partial charge in [-0.25, -0.2) is 4.79 Å². The highest BCUT2D eigenvalue weighted by Gasteiger charge is 2.37. The number of aryl methyl sites for hydroxylation is 2. The number of amides is 3. The molecule has 4 rings (SSSR count). The third-order valence-corrected chi connectivity index (χ3v) is 5.49. The molecule has 2 aliphatic heterocycles. The van der Waals surface area contributed by atoms with Crippen molar-refractivity contribution in [2.24, 2.45) is 4.99 Å². The van der Waals surface area contributed by atoms with Crippen LogP contribution >= 0.6 is 11.6 Å². The average Bonchev–Trinajstić information content (AvgIpc) is 2.98. The molecule has 152 valence electrons. The van der Waals surface area contributed by atoms with Crippen molar-refractivity contribution < 1.29 is 9.59 Å². The average molecular weight is 415 g/mol. The van der Waals surface area contributed by atoms with Gasteiger partial charge >= 0.3 is 6.03 Å². The van der Waals surface area contributed by atoms with E-state index in [2.05, 4.69) is 15.4 Å². The fourth-order valence-electron chi connectivity index (χ4n) is 3.85. The van der Waals surface area contributed by atoms with Gasteiger partial charge in [0.05, 0.1) is 22.8 Å². The standard InChI is InChI=1S/C20H23ClN6O2/c1-4-27-13(3)18(12(2)24-27)23-17(28)11-26-16-10-14(21)6-7-15(16)19-22-8-5-9-25(19)20(26)29/h6-7,10H,4-5,8-9,11H2,1-3H3,(H,23,28). The molecular weight excluding hydrogens is 392 g/mol. The van der Waals surface area contributed by atoms with Crippen molar-refractivity contribution in [1.82, 2.24) is 14.7 Å². The number of halogens is 1. The summed E-state index contributed by atoms with van der Waals surface area (Å²) in [6.07, 6.45) is 0.798. The van der Waals surface area contributed by atoms with E-state index in [1.54, 1.807) is 17.0 Å². The van der Waals surface area contributed by atoms with Crippen LogP contribution in [0.5, 0.6) is 0 Å². The van der Waals surface area contributed by atoms with Gasteiger partial charge < -0.3 is 5.32 Å². The Hall–Kier alpha value is -2.87. The first-order chi connectivity index (χ1) is 13.9. The third kappa shape index (κ3) is 3.37. The van der Waals surface area contributed by atoms with Crippen LogP contribution in [0, 0.1) is 13.8 Å². The maximum Gasteiger partial charge on any atom is 0.330 e. The Bertz CT molecular complexity index is 1030. The van der Waals surface area contributed by atoms with Crippen molar-refractivity contribution in [3.63, 3.8) is 0 Å². The van der Waals surface area contributed by atoms with Gasteiger partial charge in [-0.1, -0.05) is 11.6 Å². The number of carbonyl (C=O) groups excluding carboxylic acids is 2. The second-order valence-corrected chi connectivity index (χ2v) is 7.59. The van der Waals surface area contributed by atoms with Crippen LogP contribution < -0.4 is 10.2 Å². The Morgan fingerprint density at radius 3 is 2.83 bits per heavy atom. The minimum absolute atomic E-state index is 0.119.